The van der Waals surface area contributed by atoms with Crippen LogP contribution in [0.5, 0.6) is 0 Å². The van der Waals surface area contributed by atoms with Gasteiger partial charge in [-0.05, 0) is 72.1 Å². The van der Waals surface area contributed by atoms with Crippen LogP contribution < -0.4 is 10.6 Å². The molecule has 1 unspecified atom stereocenters. The number of hydrogen-bond acceptors (Lipinski definition) is 4. The van der Waals surface area contributed by atoms with Gasteiger partial charge in [0.2, 0.25) is 5.91 Å². The maximum atomic E-state index is 13.9. The van der Waals surface area contributed by atoms with Crippen molar-refractivity contribution in [2.24, 2.45) is 0 Å². The quantitative estimate of drug-likeness (QED) is 0.439. The van der Waals surface area contributed by atoms with Crippen LogP contribution in [0.25, 0.3) is 0 Å². The van der Waals surface area contributed by atoms with Gasteiger partial charge in [-0.25, -0.2) is 4.79 Å². The molecule has 2 N–H and O–H groups in total. The first-order valence-corrected chi connectivity index (χ1v) is 12.5. The Kier molecular flexibility index (Phi) is 9.55. The summed E-state index contributed by atoms with van der Waals surface area (Å²) in [6.45, 7) is 14.5. The number of aryl methyl sites for hydroxylation is 2. The van der Waals surface area contributed by atoms with Crippen molar-refractivity contribution in [2.75, 3.05) is 11.9 Å². The molecule has 196 valence electrons. The van der Waals surface area contributed by atoms with Crippen molar-refractivity contribution in [2.45, 2.75) is 79.0 Å². The van der Waals surface area contributed by atoms with Crippen molar-refractivity contribution < 1.29 is 19.1 Å². The van der Waals surface area contributed by atoms with E-state index in [1.807, 2.05) is 71.0 Å². The Morgan fingerprint density at radius 2 is 1.61 bits per heavy atom. The molecule has 2 rings (SSSR count). The molecule has 0 aliphatic rings. The van der Waals surface area contributed by atoms with Crippen molar-refractivity contribution in [3.05, 3.63) is 64.2 Å². The molecule has 2 aromatic rings. The summed E-state index contributed by atoms with van der Waals surface area (Å²) in [5.41, 5.74) is 1.56. The molecule has 1 atom stereocenters. The number of halogens is 1. The lowest BCUT2D eigenvalue weighted by atomic mass is 9.92. The highest BCUT2D eigenvalue weighted by Crippen LogP contribution is 2.34. The third-order valence-corrected chi connectivity index (χ3v) is 6.25. The summed E-state index contributed by atoms with van der Waals surface area (Å²) in [4.78, 5) is 41.3. The number of nitrogens with one attached hydrogen (secondary N) is 2. The molecule has 2 aromatic carbocycles. The zero-order valence-corrected chi connectivity index (χ0v) is 23.2. The molecular weight excluding hydrogens is 478 g/mol. The number of benzene rings is 2. The predicted molar refractivity (Wildman–Crippen MR) is 144 cm³/mol. The summed E-state index contributed by atoms with van der Waals surface area (Å²) in [5.74, 6) is -0.813. The summed E-state index contributed by atoms with van der Waals surface area (Å²) >= 11 is 6.39. The van der Waals surface area contributed by atoms with Gasteiger partial charge in [-0.1, -0.05) is 60.5 Å². The largest absolute Gasteiger partial charge is 0.444 e. The van der Waals surface area contributed by atoms with E-state index in [1.165, 1.54) is 4.90 Å². The van der Waals surface area contributed by atoms with E-state index in [0.29, 0.717) is 22.7 Å². The number of carbonyl (C=O) groups is 3. The molecule has 36 heavy (non-hydrogen) atoms. The van der Waals surface area contributed by atoms with Crippen LogP contribution in [0.3, 0.4) is 0 Å². The minimum Gasteiger partial charge on any atom is -0.444 e. The maximum absolute atomic E-state index is 13.9. The molecular formula is C28H38ClN3O4. The first kappa shape index (κ1) is 29.2. The zero-order chi connectivity index (χ0) is 27.3. The number of rotatable bonds is 8. The molecule has 0 saturated heterocycles. The highest BCUT2D eigenvalue weighted by molar-refractivity contribution is 6.34. The summed E-state index contributed by atoms with van der Waals surface area (Å²) in [6.07, 6.45) is -0.125. The van der Waals surface area contributed by atoms with E-state index in [-0.39, 0.29) is 6.54 Å². The number of carbonyl (C=O) groups excluding carboxylic acids is 3. The second-order valence-corrected chi connectivity index (χ2v) is 10.9. The minimum absolute atomic E-state index is 0.320. The monoisotopic (exact) mass is 515 g/mol. The van der Waals surface area contributed by atoms with Crippen molar-refractivity contribution >= 4 is 35.2 Å². The SMILES string of the molecule is CCC(C)(C)N(C(=O)CNC(=O)OC(C)(C)C)C(C(=O)Nc1c(C)cccc1Cl)c1ccc(C)cc1. The van der Waals surface area contributed by atoms with Crippen molar-refractivity contribution in [1.29, 1.82) is 0 Å². The second kappa shape index (κ2) is 11.8. The lowest BCUT2D eigenvalue weighted by molar-refractivity contribution is -0.145. The Hall–Kier alpha value is -3.06. The fourth-order valence-electron chi connectivity index (χ4n) is 3.70. The molecule has 0 saturated carbocycles. The smallest absolute Gasteiger partial charge is 0.408 e. The Labute approximate surface area is 219 Å². The maximum Gasteiger partial charge on any atom is 0.408 e. The van der Waals surface area contributed by atoms with Gasteiger partial charge in [-0.15, -0.1) is 0 Å². The molecule has 0 aromatic heterocycles. The number of amides is 3. The average Bonchev–Trinajstić information content (AvgIpc) is 2.77. The van der Waals surface area contributed by atoms with Gasteiger partial charge >= 0.3 is 6.09 Å². The van der Waals surface area contributed by atoms with E-state index in [0.717, 1.165) is 11.1 Å². The van der Waals surface area contributed by atoms with Crippen molar-refractivity contribution in [1.82, 2.24) is 10.2 Å². The molecule has 0 bridgehead atoms. The molecule has 0 aliphatic heterocycles. The number of ether oxygens (including phenoxy) is 1. The van der Waals surface area contributed by atoms with Crippen LogP contribution in [-0.4, -0.2) is 40.5 Å². The van der Waals surface area contributed by atoms with Gasteiger partial charge in [0.05, 0.1) is 10.7 Å². The fraction of sp³-hybridized carbons (Fsp3) is 0.464. The third-order valence-electron chi connectivity index (χ3n) is 5.94. The Balaban J connectivity index is 2.50. The van der Waals surface area contributed by atoms with Crippen molar-refractivity contribution in [3.63, 3.8) is 0 Å². The summed E-state index contributed by atoms with van der Waals surface area (Å²) < 4.78 is 5.28. The van der Waals surface area contributed by atoms with Gasteiger partial charge < -0.3 is 20.3 Å². The van der Waals surface area contributed by atoms with Gasteiger partial charge in [-0.3, -0.25) is 9.59 Å². The molecule has 0 fully saturated rings. The van der Waals surface area contributed by atoms with Crippen LogP contribution >= 0.6 is 11.6 Å². The molecule has 0 heterocycles. The van der Waals surface area contributed by atoms with E-state index >= 15 is 0 Å². The van der Waals surface area contributed by atoms with Gasteiger partial charge in [0, 0.05) is 5.54 Å². The van der Waals surface area contributed by atoms with Crippen LogP contribution in [0.1, 0.15) is 70.7 Å². The molecule has 0 aliphatic carbocycles. The van der Waals surface area contributed by atoms with E-state index in [4.69, 9.17) is 16.3 Å². The molecule has 8 heteroatoms. The van der Waals surface area contributed by atoms with Crippen LogP contribution in [0.4, 0.5) is 10.5 Å². The van der Waals surface area contributed by atoms with E-state index in [9.17, 15) is 14.4 Å². The standard InChI is InChI=1S/C28H38ClN3O4/c1-9-28(7,8)32(22(33)17-30-26(35)36-27(4,5)6)24(20-15-13-18(2)14-16-20)25(34)31-23-19(3)11-10-12-21(23)29/h10-16,24H,9,17H2,1-8H3,(H,30,35)(H,31,34). The van der Waals surface area contributed by atoms with Crippen LogP contribution in [0.2, 0.25) is 5.02 Å². The van der Waals surface area contributed by atoms with E-state index in [2.05, 4.69) is 10.6 Å². The molecule has 0 spiro atoms. The lowest BCUT2D eigenvalue weighted by Gasteiger charge is -2.43. The number of hydrogen-bond donors (Lipinski definition) is 2. The molecule has 3 amide bonds. The van der Waals surface area contributed by atoms with Crippen LogP contribution in [-0.2, 0) is 14.3 Å². The highest BCUT2D eigenvalue weighted by Gasteiger charge is 2.40. The summed E-state index contributed by atoms with van der Waals surface area (Å²) in [7, 11) is 0. The van der Waals surface area contributed by atoms with Crippen LogP contribution in [0, 0.1) is 13.8 Å². The van der Waals surface area contributed by atoms with Gasteiger partial charge in [0.1, 0.15) is 18.2 Å². The zero-order valence-electron chi connectivity index (χ0n) is 22.5. The van der Waals surface area contributed by atoms with Crippen LogP contribution in [0.15, 0.2) is 42.5 Å². The minimum atomic E-state index is -0.968. The average molecular weight is 516 g/mol. The van der Waals surface area contributed by atoms with Gasteiger partial charge in [-0.2, -0.15) is 0 Å². The molecule has 7 nitrogen and oxygen atoms in total. The topological polar surface area (TPSA) is 87.7 Å². The Morgan fingerprint density at radius 3 is 2.14 bits per heavy atom. The summed E-state index contributed by atoms with van der Waals surface area (Å²) in [6, 6.07) is 11.9. The normalized spacial score (nSPS) is 12.5. The van der Waals surface area contributed by atoms with Crippen molar-refractivity contribution in [3.8, 4) is 0 Å². The third kappa shape index (κ3) is 7.72. The van der Waals surface area contributed by atoms with E-state index < -0.39 is 35.1 Å². The lowest BCUT2D eigenvalue weighted by Crippen LogP contribution is -2.55. The number of nitrogens with zero attached hydrogens (tertiary/aromatic N) is 1. The van der Waals surface area contributed by atoms with E-state index in [1.54, 1.807) is 26.8 Å². The Bertz CT molecular complexity index is 1070. The fourth-order valence-corrected chi connectivity index (χ4v) is 3.97. The summed E-state index contributed by atoms with van der Waals surface area (Å²) in [5, 5.41) is 5.88. The van der Waals surface area contributed by atoms with Gasteiger partial charge in [0.25, 0.3) is 5.91 Å². The second-order valence-electron chi connectivity index (χ2n) is 10.5. The molecule has 0 radical (unpaired) electrons. The first-order valence-electron chi connectivity index (χ1n) is 12.1. The number of alkyl carbamates (subject to hydrolysis) is 1. The number of para-hydroxylation sites is 1. The highest BCUT2D eigenvalue weighted by atomic mass is 35.5. The predicted octanol–water partition coefficient (Wildman–Crippen LogP) is 6.18. The Morgan fingerprint density at radius 1 is 1.00 bits per heavy atom. The van der Waals surface area contributed by atoms with Gasteiger partial charge in [0.15, 0.2) is 0 Å². The number of anilines is 1. The first-order chi connectivity index (χ1) is 16.7.